The van der Waals surface area contributed by atoms with Gasteiger partial charge in [0.1, 0.15) is 5.76 Å². The predicted molar refractivity (Wildman–Crippen MR) is 100 cm³/mol. The molecule has 140 valence electrons. The van der Waals surface area contributed by atoms with Gasteiger partial charge in [-0.2, -0.15) is 0 Å². The van der Waals surface area contributed by atoms with E-state index in [9.17, 15) is 9.59 Å². The highest BCUT2D eigenvalue weighted by molar-refractivity contribution is 7.98. The third-order valence-corrected chi connectivity index (χ3v) is 5.11. The van der Waals surface area contributed by atoms with Crippen LogP contribution in [0.4, 0.5) is 0 Å². The lowest BCUT2D eigenvalue weighted by Gasteiger charge is -2.12. The van der Waals surface area contributed by atoms with Gasteiger partial charge in [-0.1, -0.05) is 24.2 Å². The monoisotopic (exact) mass is 376 g/mol. The Morgan fingerprint density at radius 1 is 1.31 bits per heavy atom. The molecule has 1 N–H and O–H groups in total. The van der Waals surface area contributed by atoms with Gasteiger partial charge >= 0.3 is 5.97 Å². The second-order valence-electron chi connectivity index (χ2n) is 6.04. The summed E-state index contributed by atoms with van der Waals surface area (Å²) in [7, 11) is 0. The number of rotatable bonds is 8. The molecular formula is C19H24N2O4S. The van der Waals surface area contributed by atoms with Gasteiger partial charge in [0.05, 0.1) is 11.3 Å². The Kier molecular flexibility index (Phi) is 7.26. The molecule has 1 aromatic carbocycles. The van der Waals surface area contributed by atoms with Gasteiger partial charge in [0, 0.05) is 22.3 Å². The van der Waals surface area contributed by atoms with E-state index in [4.69, 9.17) is 9.26 Å². The lowest BCUT2D eigenvalue weighted by atomic mass is 10.2. The van der Waals surface area contributed by atoms with E-state index >= 15 is 0 Å². The van der Waals surface area contributed by atoms with Crippen LogP contribution >= 0.6 is 11.8 Å². The van der Waals surface area contributed by atoms with E-state index < -0.39 is 5.97 Å². The maximum absolute atomic E-state index is 12.4. The highest BCUT2D eigenvalue weighted by Gasteiger charge is 2.16. The van der Waals surface area contributed by atoms with E-state index in [2.05, 4.69) is 10.5 Å². The summed E-state index contributed by atoms with van der Waals surface area (Å²) in [5.74, 6) is 0.608. The second-order valence-corrected chi connectivity index (χ2v) is 7.06. The SMILES string of the molecule is CC[C@H](C)NC(=O)COC(=O)c1ccccc1SCc1c(C)noc1C. The predicted octanol–water partition coefficient (Wildman–Crippen LogP) is 3.66. The minimum atomic E-state index is -0.508. The number of nitrogens with zero attached hydrogens (tertiary/aromatic N) is 1. The number of ether oxygens (including phenoxy) is 1. The Morgan fingerprint density at radius 3 is 2.69 bits per heavy atom. The molecule has 0 bridgehead atoms. The molecule has 1 amide bonds. The molecule has 0 spiro atoms. The molecule has 0 radical (unpaired) electrons. The van der Waals surface area contributed by atoms with Crippen molar-refractivity contribution in [3.05, 3.63) is 46.8 Å². The molecule has 6 nitrogen and oxygen atoms in total. The van der Waals surface area contributed by atoms with Crippen molar-refractivity contribution in [1.82, 2.24) is 10.5 Å². The fourth-order valence-corrected chi connectivity index (χ4v) is 3.44. The summed E-state index contributed by atoms with van der Waals surface area (Å²) < 4.78 is 10.3. The number of benzene rings is 1. The number of aromatic nitrogens is 1. The standard InChI is InChI=1S/C19H24N2O4S/c1-5-12(2)20-18(22)10-24-19(23)15-8-6-7-9-17(15)26-11-16-13(3)21-25-14(16)4/h6-9,12H,5,10-11H2,1-4H3,(H,20,22)/t12-/m0/s1. The van der Waals surface area contributed by atoms with Crippen LogP contribution in [0.2, 0.25) is 0 Å². The summed E-state index contributed by atoms with van der Waals surface area (Å²) in [5, 5.41) is 6.71. The summed E-state index contributed by atoms with van der Waals surface area (Å²) in [6.07, 6.45) is 0.820. The van der Waals surface area contributed by atoms with Crippen LogP contribution < -0.4 is 5.32 Å². The fraction of sp³-hybridized carbons (Fsp3) is 0.421. The number of hydrogen-bond acceptors (Lipinski definition) is 6. The quantitative estimate of drug-likeness (QED) is 0.559. The van der Waals surface area contributed by atoms with E-state index in [1.54, 1.807) is 12.1 Å². The Labute approximate surface area is 157 Å². The number of aryl methyl sites for hydroxylation is 2. The number of carbonyl (C=O) groups is 2. The van der Waals surface area contributed by atoms with Crippen LogP contribution in [0, 0.1) is 13.8 Å². The topological polar surface area (TPSA) is 81.4 Å². The van der Waals surface area contributed by atoms with Gasteiger partial charge in [0.25, 0.3) is 5.91 Å². The number of amides is 1. The molecule has 2 aromatic rings. The van der Waals surface area contributed by atoms with Crippen LogP contribution in [0.15, 0.2) is 33.7 Å². The molecule has 0 unspecified atom stereocenters. The van der Waals surface area contributed by atoms with Crippen LogP contribution in [0.25, 0.3) is 0 Å². The van der Waals surface area contributed by atoms with Crippen molar-refractivity contribution in [3.63, 3.8) is 0 Å². The number of carbonyl (C=O) groups excluding carboxylic acids is 2. The smallest absolute Gasteiger partial charge is 0.339 e. The Balaban J connectivity index is 1.99. The average molecular weight is 376 g/mol. The van der Waals surface area contributed by atoms with Gasteiger partial charge in [0.15, 0.2) is 6.61 Å². The Hall–Kier alpha value is -2.28. The van der Waals surface area contributed by atoms with Gasteiger partial charge in [0.2, 0.25) is 0 Å². The van der Waals surface area contributed by atoms with Crippen molar-refractivity contribution in [2.24, 2.45) is 0 Å². The molecular weight excluding hydrogens is 352 g/mol. The first kappa shape index (κ1) is 20.0. The zero-order chi connectivity index (χ0) is 19.1. The third-order valence-electron chi connectivity index (χ3n) is 4.01. The molecule has 0 saturated heterocycles. The first-order valence-corrected chi connectivity index (χ1v) is 9.51. The normalized spacial score (nSPS) is 11.8. The molecule has 7 heteroatoms. The van der Waals surface area contributed by atoms with Gasteiger partial charge in [-0.15, -0.1) is 11.8 Å². The van der Waals surface area contributed by atoms with Crippen molar-refractivity contribution in [1.29, 1.82) is 0 Å². The minimum Gasteiger partial charge on any atom is -0.452 e. The molecule has 1 aromatic heterocycles. The summed E-state index contributed by atoms with van der Waals surface area (Å²) in [5.41, 5.74) is 2.31. The highest BCUT2D eigenvalue weighted by Crippen LogP contribution is 2.29. The van der Waals surface area contributed by atoms with Crippen molar-refractivity contribution < 1.29 is 18.8 Å². The van der Waals surface area contributed by atoms with Gasteiger partial charge in [-0.25, -0.2) is 4.79 Å². The zero-order valence-corrected chi connectivity index (χ0v) is 16.3. The third kappa shape index (κ3) is 5.36. The molecule has 0 saturated carbocycles. The zero-order valence-electron chi connectivity index (χ0n) is 15.5. The van der Waals surface area contributed by atoms with E-state index in [1.807, 2.05) is 39.8 Å². The van der Waals surface area contributed by atoms with Crippen LogP contribution in [0.3, 0.4) is 0 Å². The average Bonchev–Trinajstić information content (AvgIpc) is 2.96. The number of esters is 1. The van der Waals surface area contributed by atoms with E-state index in [-0.39, 0.29) is 18.6 Å². The molecule has 0 aliphatic carbocycles. The number of thioether (sulfide) groups is 1. The van der Waals surface area contributed by atoms with Crippen LogP contribution in [0.5, 0.6) is 0 Å². The van der Waals surface area contributed by atoms with Crippen LogP contribution in [-0.2, 0) is 15.3 Å². The molecule has 0 aliphatic heterocycles. The van der Waals surface area contributed by atoms with E-state index in [0.717, 1.165) is 28.3 Å². The van der Waals surface area contributed by atoms with Crippen molar-refractivity contribution in [3.8, 4) is 0 Å². The summed E-state index contributed by atoms with van der Waals surface area (Å²) in [6.45, 7) is 7.35. The lowest BCUT2D eigenvalue weighted by Crippen LogP contribution is -2.35. The first-order chi connectivity index (χ1) is 12.4. The van der Waals surface area contributed by atoms with Crippen LogP contribution in [0.1, 0.15) is 47.6 Å². The largest absolute Gasteiger partial charge is 0.452 e. The maximum atomic E-state index is 12.4. The molecule has 26 heavy (non-hydrogen) atoms. The molecule has 1 atom stereocenters. The molecule has 0 aliphatic rings. The van der Waals surface area contributed by atoms with Crippen LogP contribution in [-0.4, -0.2) is 29.7 Å². The van der Waals surface area contributed by atoms with Crippen molar-refractivity contribution in [2.75, 3.05) is 6.61 Å². The van der Waals surface area contributed by atoms with Crippen molar-refractivity contribution >= 4 is 23.6 Å². The van der Waals surface area contributed by atoms with Crippen molar-refractivity contribution in [2.45, 2.75) is 50.8 Å². The van der Waals surface area contributed by atoms with Gasteiger partial charge < -0.3 is 14.6 Å². The summed E-state index contributed by atoms with van der Waals surface area (Å²) >= 11 is 1.51. The Morgan fingerprint density at radius 2 is 2.04 bits per heavy atom. The van der Waals surface area contributed by atoms with Gasteiger partial charge in [-0.05, 0) is 39.3 Å². The van der Waals surface area contributed by atoms with E-state index in [0.29, 0.717) is 11.3 Å². The molecule has 0 fully saturated rings. The van der Waals surface area contributed by atoms with E-state index in [1.165, 1.54) is 11.8 Å². The summed E-state index contributed by atoms with van der Waals surface area (Å²) in [6, 6.07) is 7.25. The molecule has 2 rings (SSSR count). The first-order valence-electron chi connectivity index (χ1n) is 8.52. The van der Waals surface area contributed by atoms with Gasteiger partial charge in [-0.3, -0.25) is 4.79 Å². The molecule has 1 heterocycles. The second kappa shape index (κ2) is 9.43. The summed E-state index contributed by atoms with van der Waals surface area (Å²) in [4.78, 5) is 24.9. The fourth-order valence-electron chi connectivity index (χ4n) is 2.25. The highest BCUT2D eigenvalue weighted by atomic mass is 32.2. The maximum Gasteiger partial charge on any atom is 0.339 e. The Bertz CT molecular complexity index is 753. The minimum absolute atomic E-state index is 0.0547. The number of hydrogen-bond donors (Lipinski definition) is 1. The number of nitrogens with one attached hydrogen (secondary N) is 1. The lowest BCUT2D eigenvalue weighted by molar-refractivity contribution is -0.124.